The first-order valence-electron chi connectivity index (χ1n) is 6.49. The monoisotopic (exact) mass is 293 g/mol. The molecule has 1 aromatic heterocycles. The molecule has 2 aromatic rings. The maximum Gasteiger partial charge on any atom is 0.113 e. The number of nitrogens with one attached hydrogen (secondary N) is 1. The average molecular weight is 294 g/mol. The molecule has 4 heteroatoms. The Bertz CT molecular complexity index is 537. The maximum absolute atomic E-state index is 6.32. The fourth-order valence-corrected chi connectivity index (χ4v) is 3.21. The van der Waals surface area contributed by atoms with E-state index in [4.69, 9.17) is 16.0 Å². The molecular weight excluding hydrogens is 278 g/mol. The maximum atomic E-state index is 6.32. The van der Waals surface area contributed by atoms with E-state index in [1.54, 1.807) is 18.0 Å². The molecule has 1 aromatic carbocycles. The molecule has 0 saturated heterocycles. The number of hydrogen-bond donors (Lipinski definition) is 1. The lowest BCUT2D eigenvalue weighted by atomic mass is 10.2. The summed E-state index contributed by atoms with van der Waals surface area (Å²) in [5.74, 6) is 1.83. The lowest BCUT2D eigenvalue weighted by Crippen LogP contribution is -2.16. The quantitative estimate of drug-likeness (QED) is 0.795. The predicted octanol–water partition coefficient (Wildman–Crippen LogP) is 4.48. The molecule has 1 fully saturated rings. The molecule has 0 atom stereocenters. The first kappa shape index (κ1) is 13.1. The van der Waals surface area contributed by atoms with Gasteiger partial charge in [-0.1, -0.05) is 17.7 Å². The minimum Gasteiger partial charge on any atom is -0.468 e. The van der Waals surface area contributed by atoms with E-state index < -0.39 is 0 Å². The molecular formula is C15H16ClNOS. The van der Waals surface area contributed by atoms with Crippen molar-refractivity contribution in [3.05, 3.63) is 52.9 Å². The highest BCUT2D eigenvalue weighted by molar-refractivity contribution is 7.98. The number of benzene rings is 1. The molecule has 1 saturated carbocycles. The van der Waals surface area contributed by atoms with Gasteiger partial charge in [0.15, 0.2) is 0 Å². The Balaban J connectivity index is 1.69. The Morgan fingerprint density at radius 3 is 2.89 bits per heavy atom. The standard InChI is InChI=1S/C15H16ClNOS/c16-14-4-1-5-15(13(14)9-17-11-6-7-11)19-10-12-3-2-8-18-12/h1-5,8,11,17H,6-7,9-10H2. The summed E-state index contributed by atoms with van der Waals surface area (Å²) in [5.41, 5.74) is 1.20. The van der Waals surface area contributed by atoms with Gasteiger partial charge < -0.3 is 9.73 Å². The molecule has 0 bridgehead atoms. The molecule has 0 spiro atoms. The van der Waals surface area contributed by atoms with Crippen molar-refractivity contribution in [2.45, 2.75) is 36.1 Å². The zero-order valence-electron chi connectivity index (χ0n) is 10.6. The van der Waals surface area contributed by atoms with Crippen LogP contribution in [0, 0.1) is 0 Å². The van der Waals surface area contributed by atoms with Crippen LogP contribution in [-0.4, -0.2) is 6.04 Å². The summed E-state index contributed by atoms with van der Waals surface area (Å²) in [5, 5.41) is 4.37. The van der Waals surface area contributed by atoms with E-state index >= 15 is 0 Å². The lowest BCUT2D eigenvalue weighted by Gasteiger charge is -2.11. The third-order valence-electron chi connectivity index (χ3n) is 3.17. The van der Waals surface area contributed by atoms with Crippen molar-refractivity contribution in [3.8, 4) is 0 Å². The average Bonchev–Trinajstić information content (AvgIpc) is 3.09. The molecule has 1 aliphatic rings. The zero-order chi connectivity index (χ0) is 13.1. The fourth-order valence-electron chi connectivity index (χ4n) is 1.92. The molecule has 0 unspecified atom stereocenters. The van der Waals surface area contributed by atoms with Gasteiger partial charge in [-0.3, -0.25) is 0 Å². The number of hydrogen-bond acceptors (Lipinski definition) is 3. The summed E-state index contributed by atoms with van der Waals surface area (Å²) in [6.45, 7) is 0.852. The second-order valence-corrected chi connectivity index (χ2v) is 6.16. The molecule has 19 heavy (non-hydrogen) atoms. The van der Waals surface area contributed by atoms with Crippen LogP contribution in [0.15, 0.2) is 45.9 Å². The smallest absolute Gasteiger partial charge is 0.113 e. The Hall–Kier alpha value is -0.900. The van der Waals surface area contributed by atoms with Gasteiger partial charge in [-0.15, -0.1) is 11.8 Å². The first-order chi connectivity index (χ1) is 9.33. The number of furan rings is 1. The minimum absolute atomic E-state index is 0.694. The van der Waals surface area contributed by atoms with Crippen molar-refractivity contribution >= 4 is 23.4 Å². The fraction of sp³-hybridized carbons (Fsp3) is 0.333. The first-order valence-corrected chi connectivity index (χ1v) is 7.85. The molecule has 0 aliphatic heterocycles. The molecule has 0 amide bonds. The van der Waals surface area contributed by atoms with Gasteiger partial charge in [-0.2, -0.15) is 0 Å². The molecule has 1 aliphatic carbocycles. The molecule has 1 N–H and O–H groups in total. The number of thioether (sulfide) groups is 1. The van der Waals surface area contributed by atoms with Crippen LogP contribution in [0.4, 0.5) is 0 Å². The third kappa shape index (κ3) is 3.56. The summed E-state index contributed by atoms with van der Waals surface area (Å²) in [7, 11) is 0. The van der Waals surface area contributed by atoms with Crippen molar-refractivity contribution in [2.75, 3.05) is 0 Å². The van der Waals surface area contributed by atoms with E-state index in [0.717, 1.165) is 23.1 Å². The molecule has 100 valence electrons. The van der Waals surface area contributed by atoms with Gasteiger partial charge in [0, 0.05) is 22.5 Å². The Labute approximate surface area is 122 Å². The minimum atomic E-state index is 0.694. The van der Waals surface area contributed by atoms with Crippen LogP contribution in [-0.2, 0) is 12.3 Å². The SMILES string of the molecule is Clc1cccc(SCc2ccco2)c1CNC1CC1. The lowest BCUT2D eigenvalue weighted by molar-refractivity contribution is 0.530. The highest BCUT2D eigenvalue weighted by Crippen LogP contribution is 2.31. The Morgan fingerprint density at radius 1 is 1.26 bits per heavy atom. The van der Waals surface area contributed by atoms with E-state index in [9.17, 15) is 0 Å². The van der Waals surface area contributed by atoms with Crippen LogP contribution in [0.2, 0.25) is 5.02 Å². The molecule has 3 rings (SSSR count). The van der Waals surface area contributed by atoms with Crippen LogP contribution < -0.4 is 5.32 Å². The van der Waals surface area contributed by atoms with Gasteiger partial charge in [-0.25, -0.2) is 0 Å². The van der Waals surface area contributed by atoms with Crippen molar-refractivity contribution in [2.24, 2.45) is 0 Å². The van der Waals surface area contributed by atoms with Gasteiger partial charge in [0.25, 0.3) is 0 Å². The Kier molecular flexibility index (Phi) is 4.16. The number of rotatable bonds is 6. The van der Waals surface area contributed by atoms with E-state index in [1.165, 1.54) is 23.3 Å². The highest BCUT2D eigenvalue weighted by Gasteiger charge is 2.21. The van der Waals surface area contributed by atoms with Gasteiger partial charge in [-0.05, 0) is 42.7 Å². The molecule has 1 heterocycles. The summed E-state index contributed by atoms with van der Waals surface area (Å²) in [6, 6.07) is 10.7. The van der Waals surface area contributed by atoms with Crippen LogP contribution in [0.5, 0.6) is 0 Å². The summed E-state index contributed by atoms with van der Waals surface area (Å²) < 4.78 is 5.36. The van der Waals surface area contributed by atoms with Crippen molar-refractivity contribution in [1.29, 1.82) is 0 Å². The van der Waals surface area contributed by atoms with Crippen molar-refractivity contribution in [1.82, 2.24) is 5.32 Å². The van der Waals surface area contributed by atoms with E-state index in [1.807, 2.05) is 24.3 Å². The Morgan fingerprint density at radius 2 is 2.16 bits per heavy atom. The van der Waals surface area contributed by atoms with Gasteiger partial charge in [0.1, 0.15) is 5.76 Å². The summed E-state index contributed by atoms with van der Waals surface area (Å²) in [6.07, 6.45) is 4.29. The van der Waals surface area contributed by atoms with E-state index in [0.29, 0.717) is 6.04 Å². The normalized spacial score (nSPS) is 14.8. The van der Waals surface area contributed by atoms with Crippen molar-refractivity contribution in [3.63, 3.8) is 0 Å². The second-order valence-electron chi connectivity index (χ2n) is 4.74. The third-order valence-corrected chi connectivity index (χ3v) is 4.65. The zero-order valence-corrected chi connectivity index (χ0v) is 12.1. The van der Waals surface area contributed by atoms with Gasteiger partial charge >= 0.3 is 0 Å². The second kappa shape index (κ2) is 6.04. The van der Waals surface area contributed by atoms with Crippen LogP contribution >= 0.6 is 23.4 Å². The van der Waals surface area contributed by atoms with E-state index in [-0.39, 0.29) is 0 Å². The number of halogens is 1. The largest absolute Gasteiger partial charge is 0.468 e. The summed E-state index contributed by atoms with van der Waals surface area (Å²) in [4.78, 5) is 1.23. The topological polar surface area (TPSA) is 25.2 Å². The van der Waals surface area contributed by atoms with Gasteiger partial charge in [0.2, 0.25) is 0 Å². The van der Waals surface area contributed by atoms with Crippen molar-refractivity contribution < 1.29 is 4.42 Å². The molecule has 0 radical (unpaired) electrons. The molecule has 2 nitrogen and oxygen atoms in total. The van der Waals surface area contributed by atoms with Crippen LogP contribution in [0.25, 0.3) is 0 Å². The van der Waals surface area contributed by atoms with Crippen LogP contribution in [0.1, 0.15) is 24.2 Å². The van der Waals surface area contributed by atoms with E-state index in [2.05, 4.69) is 11.4 Å². The van der Waals surface area contributed by atoms with Gasteiger partial charge in [0.05, 0.1) is 12.0 Å². The van der Waals surface area contributed by atoms with Crippen LogP contribution in [0.3, 0.4) is 0 Å². The predicted molar refractivity (Wildman–Crippen MR) is 79.6 cm³/mol. The summed E-state index contributed by atoms with van der Waals surface area (Å²) >= 11 is 8.09. The highest BCUT2D eigenvalue weighted by atomic mass is 35.5.